The molecule has 4 heteroatoms. The van der Waals surface area contributed by atoms with Crippen LogP contribution in [0.5, 0.6) is 0 Å². The van der Waals surface area contributed by atoms with Crippen molar-refractivity contribution in [3.63, 3.8) is 0 Å². The fourth-order valence-electron chi connectivity index (χ4n) is 2.81. The molecule has 1 saturated heterocycles. The third-order valence-corrected chi connectivity index (χ3v) is 3.93. The molecule has 1 aliphatic rings. The van der Waals surface area contributed by atoms with Gasteiger partial charge in [0.15, 0.2) is 0 Å². The molecule has 0 bridgehead atoms. The van der Waals surface area contributed by atoms with Crippen molar-refractivity contribution in [1.82, 2.24) is 4.90 Å². The van der Waals surface area contributed by atoms with Gasteiger partial charge in [0.25, 0.3) is 0 Å². The molecule has 1 heterocycles. The Bertz CT molecular complexity index is 430. The number of nitrogens with two attached hydrogens (primary N) is 1. The molecule has 0 aliphatic carbocycles. The van der Waals surface area contributed by atoms with Crippen LogP contribution in [0.15, 0.2) is 30.9 Å². The van der Waals surface area contributed by atoms with Gasteiger partial charge in [0, 0.05) is 23.7 Å². The fourth-order valence-corrected chi connectivity index (χ4v) is 3.04. The van der Waals surface area contributed by atoms with Gasteiger partial charge in [-0.15, -0.1) is 6.58 Å². The Morgan fingerprint density at radius 2 is 2.26 bits per heavy atom. The van der Waals surface area contributed by atoms with E-state index in [2.05, 4.69) is 11.5 Å². The molecule has 1 aromatic rings. The summed E-state index contributed by atoms with van der Waals surface area (Å²) in [5, 5.41) is 0.400. The van der Waals surface area contributed by atoms with Crippen LogP contribution in [0.4, 0.5) is 4.39 Å². The molecule has 104 valence electrons. The minimum atomic E-state index is -0.330. The second kappa shape index (κ2) is 6.51. The Labute approximate surface area is 119 Å². The molecule has 1 fully saturated rings. The van der Waals surface area contributed by atoms with E-state index in [1.807, 2.05) is 6.08 Å². The van der Waals surface area contributed by atoms with Gasteiger partial charge in [0.1, 0.15) is 5.82 Å². The van der Waals surface area contributed by atoms with Crippen LogP contribution in [0.2, 0.25) is 5.02 Å². The summed E-state index contributed by atoms with van der Waals surface area (Å²) in [6.07, 6.45) is 5.27. The molecule has 0 amide bonds. The zero-order valence-corrected chi connectivity index (χ0v) is 11.7. The van der Waals surface area contributed by atoms with Crippen LogP contribution in [-0.2, 0) is 0 Å². The quantitative estimate of drug-likeness (QED) is 0.856. The van der Waals surface area contributed by atoms with E-state index < -0.39 is 0 Å². The summed E-state index contributed by atoms with van der Waals surface area (Å²) in [6.45, 7) is 5.63. The van der Waals surface area contributed by atoms with Crippen LogP contribution < -0.4 is 5.73 Å². The van der Waals surface area contributed by atoms with E-state index in [-0.39, 0.29) is 17.9 Å². The van der Waals surface area contributed by atoms with Gasteiger partial charge in [-0.1, -0.05) is 24.1 Å². The lowest BCUT2D eigenvalue weighted by molar-refractivity contribution is 0.141. The first kappa shape index (κ1) is 14.5. The van der Waals surface area contributed by atoms with Gasteiger partial charge < -0.3 is 5.73 Å². The second-order valence-electron chi connectivity index (χ2n) is 5.08. The average molecular weight is 283 g/mol. The van der Waals surface area contributed by atoms with Crippen LogP contribution in [0.3, 0.4) is 0 Å². The number of hydrogen-bond donors (Lipinski definition) is 1. The summed E-state index contributed by atoms with van der Waals surface area (Å²) in [5.74, 6) is -0.330. The molecule has 2 rings (SSSR count). The zero-order chi connectivity index (χ0) is 13.8. The van der Waals surface area contributed by atoms with Gasteiger partial charge in [-0.3, -0.25) is 4.90 Å². The maximum absolute atomic E-state index is 13.4. The normalized spacial score (nSPS) is 22.2. The highest BCUT2D eigenvalue weighted by Gasteiger charge is 2.28. The summed E-state index contributed by atoms with van der Waals surface area (Å²) in [5.41, 5.74) is 7.10. The van der Waals surface area contributed by atoms with Gasteiger partial charge in [-0.05, 0) is 43.1 Å². The van der Waals surface area contributed by atoms with Crippen LogP contribution in [0, 0.1) is 5.82 Å². The van der Waals surface area contributed by atoms with E-state index in [4.69, 9.17) is 17.3 Å². The highest BCUT2D eigenvalue weighted by Crippen LogP contribution is 2.28. The molecule has 0 aromatic heterocycles. The Kier molecular flexibility index (Phi) is 4.97. The van der Waals surface area contributed by atoms with Crippen molar-refractivity contribution in [1.29, 1.82) is 0 Å². The van der Waals surface area contributed by atoms with Gasteiger partial charge in [-0.2, -0.15) is 0 Å². The van der Waals surface area contributed by atoms with E-state index >= 15 is 0 Å². The summed E-state index contributed by atoms with van der Waals surface area (Å²) in [7, 11) is 0. The van der Waals surface area contributed by atoms with E-state index in [1.165, 1.54) is 18.6 Å². The Hall–Kier alpha value is -0.900. The monoisotopic (exact) mass is 282 g/mol. The lowest BCUT2D eigenvalue weighted by Crippen LogP contribution is -2.45. The molecule has 0 saturated carbocycles. The number of hydrogen-bond acceptors (Lipinski definition) is 2. The summed E-state index contributed by atoms with van der Waals surface area (Å²) < 4.78 is 13.4. The Morgan fingerprint density at radius 1 is 1.47 bits per heavy atom. The van der Waals surface area contributed by atoms with Crippen LogP contribution in [0.1, 0.15) is 30.9 Å². The molecule has 2 unspecified atom stereocenters. The Balaban J connectivity index is 2.20. The van der Waals surface area contributed by atoms with E-state index in [9.17, 15) is 4.39 Å². The minimum Gasteiger partial charge on any atom is -0.323 e. The zero-order valence-electron chi connectivity index (χ0n) is 11.0. The fraction of sp³-hybridized carbons (Fsp3) is 0.467. The van der Waals surface area contributed by atoms with Crippen LogP contribution in [-0.4, -0.2) is 24.0 Å². The van der Waals surface area contributed by atoms with Crippen LogP contribution in [0.25, 0.3) is 0 Å². The molecule has 0 spiro atoms. The van der Waals surface area contributed by atoms with Crippen molar-refractivity contribution in [3.8, 4) is 0 Å². The van der Waals surface area contributed by atoms with Gasteiger partial charge in [-0.25, -0.2) is 4.39 Å². The predicted octanol–water partition coefficient (Wildman–Crippen LogP) is 3.52. The lowest BCUT2D eigenvalue weighted by Gasteiger charge is -2.38. The standard InChI is InChI=1S/C15H20ClFN2/c1-2-6-19-7-4-3-5-14(19)15(18)11-8-12(16)10-13(17)9-11/h2,8-10,14-15H,1,3-7,18H2. The van der Waals surface area contributed by atoms with Crippen molar-refractivity contribution in [3.05, 3.63) is 47.3 Å². The molecule has 19 heavy (non-hydrogen) atoms. The predicted molar refractivity (Wildman–Crippen MR) is 77.7 cm³/mol. The molecule has 2 N–H and O–H groups in total. The highest BCUT2D eigenvalue weighted by molar-refractivity contribution is 6.30. The summed E-state index contributed by atoms with van der Waals surface area (Å²) in [4.78, 5) is 2.32. The van der Waals surface area contributed by atoms with E-state index in [0.29, 0.717) is 5.02 Å². The van der Waals surface area contributed by atoms with E-state index in [0.717, 1.165) is 31.5 Å². The smallest absolute Gasteiger partial charge is 0.125 e. The number of halogens is 2. The minimum absolute atomic E-state index is 0.214. The van der Waals surface area contributed by atoms with Gasteiger partial charge in [0.2, 0.25) is 0 Å². The lowest BCUT2D eigenvalue weighted by atomic mass is 9.91. The molecule has 2 nitrogen and oxygen atoms in total. The number of benzene rings is 1. The third-order valence-electron chi connectivity index (χ3n) is 3.71. The van der Waals surface area contributed by atoms with Crippen molar-refractivity contribution in [2.24, 2.45) is 5.73 Å². The number of rotatable bonds is 4. The molecule has 2 atom stereocenters. The van der Waals surface area contributed by atoms with Crippen molar-refractivity contribution in [2.75, 3.05) is 13.1 Å². The van der Waals surface area contributed by atoms with Crippen LogP contribution >= 0.6 is 11.6 Å². The molecular weight excluding hydrogens is 263 g/mol. The maximum Gasteiger partial charge on any atom is 0.125 e. The molecule has 1 aromatic carbocycles. The first-order valence-corrected chi connectivity index (χ1v) is 7.06. The first-order chi connectivity index (χ1) is 9.11. The van der Waals surface area contributed by atoms with Crippen molar-refractivity contribution < 1.29 is 4.39 Å². The topological polar surface area (TPSA) is 29.3 Å². The average Bonchev–Trinajstić information content (AvgIpc) is 2.38. The summed E-state index contributed by atoms with van der Waals surface area (Å²) >= 11 is 5.91. The van der Waals surface area contributed by atoms with E-state index in [1.54, 1.807) is 6.07 Å². The Morgan fingerprint density at radius 3 is 2.95 bits per heavy atom. The molecular formula is C15H20ClFN2. The van der Waals surface area contributed by atoms with Crippen molar-refractivity contribution in [2.45, 2.75) is 31.3 Å². The number of likely N-dealkylation sites (tertiary alicyclic amines) is 1. The summed E-state index contributed by atoms with van der Waals surface area (Å²) in [6, 6.07) is 4.56. The van der Waals surface area contributed by atoms with Gasteiger partial charge in [0.05, 0.1) is 0 Å². The molecule has 0 radical (unpaired) electrons. The van der Waals surface area contributed by atoms with Gasteiger partial charge >= 0.3 is 0 Å². The second-order valence-corrected chi connectivity index (χ2v) is 5.51. The third kappa shape index (κ3) is 3.56. The first-order valence-electron chi connectivity index (χ1n) is 6.68. The SMILES string of the molecule is C=CCN1CCCCC1C(N)c1cc(F)cc(Cl)c1. The maximum atomic E-state index is 13.4. The number of piperidine rings is 1. The van der Waals surface area contributed by atoms with Crippen molar-refractivity contribution >= 4 is 11.6 Å². The molecule has 1 aliphatic heterocycles. The number of nitrogens with zero attached hydrogens (tertiary/aromatic N) is 1. The largest absolute Gasteiger partial charge is 0.323 e. The highest BCUT2D eigenvalue weighted by atomic mass is 35.5.